The number of thioether (sulfide) groups is 1. The summed E-state index contributed by atoms with van der Waals surface area (Å²) in [5.41, 5.74) is 3.45. The molecule has 0 unspecified atom stereocenters. The van der Waals surface area contributed by atoms with E-state index in [0.29, 0.717) is 0 Å². The molecule has 1 nitrogen and oxygen atoms in total. The van der Waals surface area contributed by atoms with Gasteiger partial charge in [0.05, 0.1) is 10.7 Å². The Bertz CT molecular complexity index is 627. The zero-order chi connectivity index (χ0) is 12.4. The van der Waals surface area contributed by atoms with E-state index in [-0.39, 0.29) is 0 Å². The number of aliphatic imine (C=N–C) groups is 1. The van der Waals surface area contributed by atoms with E-state index in [1.807, 2.05) is 18.2 Å². The molecule has 2 heteroatoms. The molecule has 2 aromatic carbocycles. The summed E-state index contributed by atoms with van der Waals surface area (Å²) in [5.74, 6) is 0. The first-order valence-corrected chi connectivity index (χ1v) is 6.74. The van der Waals surface area contributed by atoms with Crippen LogP contribution in [0.4, 0.5) is 0 Å². The van der Waals surface area contributed by atoms with Gasteiger partial charge in [0.2, 0.25) is 0 Å². The zero-order valence-electron chi connectivity index (χ0n) is 10.1. The quantitative estimate of drug-likeness (QED) is 0.715. The van der Waals surface area contributed by atoms with Crippen LogP contribution in [-0.2, 0) is 0 Å². The fourth-order valence-electron chi connectivity index (χ4n) is 2.00. The molecule has 2 aromatic rings. The highest BCUT2D eigenvalue weighted by Crippen LogP contribution is 2.36. The van der Waals surface area contributed by atoms with Crippen LogP contribution < -0.4 is 0 Å². The molecule has 0 aliphatic carbocycles. The third-order valence-electron chi connectivity index (χ3n) is 2.80. The van der Waals surface area contributed by atoms with Gasteiger partial charge in [0.15, 0.2) is 0 Å². The smallest absolute Gasteiger partial charge is 0.0755 e. The van der Waals surface area contributed by atoms with Gasteiger partial charge < -0.3 is 0 Å². The lowest BCUT2D eigenvalue weighted by Crippen LogP contribution is -1.97. The molecule has 0 saturated carbocycles. The van der Waals surface area contributed by atoms with Gasteiger partial charge in [0.25, 0.3) is 0 Å². The van der Waals surface area contributed by atoms with Crippen LogP contribution in [0.5, 0.6) is 0 Å². The Hall–Kier alpha value is -1.80. The van der Waals surface area contributed by atoms with Gasteiger partial charge in [-0.25, -0.2) is 4.99 Å². The Morgan fingerprint density at radius 1 is 0.944 bits per heavy atom. The third-order valence-corrected chi connectivity index (χ3v) is 3.76. The van der Waals surface area contributed by atoms with Crippen molar-refractivity contribution >= 4 is 28.6 Å². The molecule has 0 spiro atoms. The van der Waals surface area contributed by atoms with Gasteiger partial charge >= 0.3 is 0 Å². The Morgan fingerprint density at radius 2 is 1.67 bits per heavy atom. The molecule has 88 valence electrons. The van der Waals surface area contributed by atoms with Crippen LogP contribution in [0.15, 0.2) is 64.5 Å². The Balaban J connectivity index is 2.11. The van der Waals surface area contributed by atoms with Crippen LogP contribution in [-0.4, -0.2) is 5.04 Å². The SMILES string of the molecule is CC1=N/C(=C/c2ccccc2)c2ccccc2S1. The first kappa shape index (κ1) is 11.3. The van der Waals surface area contributed by atoms with Gasteiger partial charge in [-0.1, -0.05) is 60.3 Å². The normalized spacial score (nSPS) is 16.3. The molecule has 0 saturated heterocycles. The van der Waals surface area contributed by atoms with Crippen molar-refractivity contribution in [3.63, 3.8) is 0 Å². The van der Waals surface area contributed by atoms with E-state index < -0.39 is 0 Å². The molecule has 0 fully saturated rings. The molecule has 0 N–H and O–H groups in total. The molecule has 0 radical (unpaired) electrons. The second-order valence-electron chi connectivity index (χ2n) is 4.17. The standard InChI is InChI=1S/C16H13NS/c1-12-17-15(11-13-7-3-2-4-8-13)14-9-5-6-10-16(14)18-12/h2-11H,1H3/b15-11+. The molecule has 0 atom stereocenters. The lowest BCUT2D eigenvalue weighted by atomic mass is 10.1. The maximum atomic E-state index is 4.66. The molecule has 1 aliphatic heterocycles. The average Bonchev–Trinajstić information content (AvgIpc) is 2.40. The fourth-order valence-corrected chi connectivity index (χ4v) is 2.89. The topological polar surface area (TPSA) is 12.4 Å². The summed E-state index contributed by atoms with van der Waals surface area (Å²) < 4.78 is 0. The van der Waals surface area contributed by atoms with Crippen molar-refractivity contribution in [2.75, 3.05) is 0 Å². The van der Waals surface area contributed by atoms with Crippen LogP contribution in [0, 0.1) is 0 Å². The van der Waals surface area contributed by atoms with Crippen molar-refractivity contribution in [1.82, 2.24) is 0 Å². The van der Waals surface area contributed by atoms with Crippen molar-refractivity contribution < 1.29 is 0 Å². The predicted molar refractivity (Wildman–Crippen MR) is 79.7 cm³/mol. The van der Waals surface area contributed by atoms with Crippen molar-refractivity contribution in [3.8, 4) is 0 Å². The summed E-state index contributed by atoms with van der Waals surface area (Å²) in [4.78, 5) is 5.94. The molecule has 0 bridgehead atoms. The predicted octanol–water partition coefficient (Wildman–Crippen LogP) is 4.71. The van der Waals surface area contributed by atoms with Gasteiger partial charge in [0, 0.05) is 10.5 Å². The van der Waals surface area contributed by atoms with Gasteiger partial charge in [-0.15, -0.1) is 0 Å². The number of fused-ring (bicyclic) bond motifs is 1. The molecule has 0 aromatic heterocycles. The van der Waals surface area contributed by atoms with E-state index in [4.69, 9.17) is 0 Å². The lowest BCUT2D eigenvalue weighted by molar-refractivity contribution is 1.36. The van der Waals surface area contributed by atoms with E-state index >= 15 is 0 Å². The van der Waals surface area contributed by atoms with Gasteiger partial charge in [-0.05, 0) is 24.6 Å². The second-order valence-corrected chi connectivity index (χ2v) is 5.40. The molecular weight excluding hydrogens is 238 g/mol. The average molecular weight is 251 g/mol. The minimum absolute atomic E-state index is 1.05. The molecule has 1 heterocycles. The monoisotopic (exact) mass is 251 g/mol. The molecular formula is C16H13NS. The summed E-state index contributed by atoms with van der Waals surface area (Å²) in [6.45, 7) is 2.06. The largest absolute Gasteiger partial charge is 0.246 e. The summed E-state index contributed by atoms with van der Waals surface area (Å²) in [7, 11) is 0. The van der Waals surface area contributed by atoms with Crippen molar-refractivity contribution in [2.45, 2.75) is 11.8 Å². The lowest BCUT2D eigenvalue weighted by Gasteiger charge is -2.15. The number of nitrogens with zero attached hydrogens (tertiary/aromatic N) is 1. The second kappa shape index (κ2) is 4.83. The number of hydrogen-bond acceptors (Lipinski definition) is 2. The van der Waals surface area contributed by atoms with E-state index in [0.717, 1.165) is 10.7 Å². The minimum Gasteiger partial charge on any atom is -0.246 e. The molecule has 0 amide bonds. The Labute approximate surface area is 111 Å². The van der Waals surface area contributed by atoms with Crippen molar-refractivity contribution in [1.29, 1.82) is 0 Å². The Morgan fingerprint density at radius 3 is 2.50 bits per heavy atom. The number of rotatable bonds is 1. The van der Waals surface area contributed by atoms with Crippen LogP contribution in [0.1, 0.15) is 18.1 Å². The summed E-state index contributed by atoms with van der Waals surface area (Å²) >= 11 is 1.74. The van der Waals surface area contributed by atoms with E-state index in [9.17, 15) is 0 Å². The summed E-state index contributed by atoms with van der Waals surface area (Å²) in [5, 5.41) is 1.09. The fraction of sp³-hybridized carbons (Fsp3) is 0.0625. The number of benzene rings is 2. The van der Waals surface area contributed by atoms with Gasteiger partial charge in [-0.3, -0.25) is 0 Å². The maximum Gasteiger partial charge on any atom is 0.0755 e. The molecule has 1 aliphatic rings. The highest BCUT2D eigenvalue weighted by molar-refractivity contribution is 8.14. The van der Waals surface area contributed by atoms with Crippen LogP contribution >= 0.6 is 11.8 Å². The zero-order valence-corrected chi connectivity index (χ0v) is 10.9. The van der Waals surface area contributed by atoms with E-state index in [1.54, 1.807) is 11.8 Å². The van der Waals surface area contributed by atoms with Gasteiger partial charge in [-0.2, -0.15) is 0 Å². The minimum atomic E-state index is 1.05. The van der Waals surface area contributed by atoms with Crippen LogP contribution in [0.25, 0.3) is 11.8 Å². The van der Waals surface area contributed by atoms with Crippen LogP contribution in [0.3, 0.4) is 0 Å². The van der Waals surface area contributed by atoms with E-state index in [1.165, 1.54) is 16.0 Å². The van der Waals surface area contributed by atoms with Crippen molar-refractivity contribution in [3.05, 3.63) is 65.7 Å². The van der Waals surface area contributed by atoms with E-state index in [2.05, 4.69) is 54.4 Å². The summed E-state index contributed by atoms with van der Waals surface area (Å²) in [6, 6.07) is 18.7. The Kier molecular flexibility index (Phi) is 3.03. The van der Waals surface area contributed by atoms with Crippen LogP contribution in [0.2, 0.25) is 0 Å². The summed E-state index contributed by atoms with van der Waals surface area (Å²) in [6.07, 6.45) is 2.14. The van der Waals surface area contributed by atoms with Gasteiger partial charge in [0.1, 0.15) is 0 Å². The maximum absolute atomic E-state index is 4.66. The third kappa shape index (κ3) is 2.24. The highest BCUT2D eigenvalue weighted by atomic mass is 32.2. The first-order valence-electron chi connectivity index (χ1n) is 5.92. The van der Waals surface area contributed by atoms with Crippen molar-refractivity contribution in [2.24, 2.45) is 4.99 Å². The highest BCUT2D eigenvalue weighted by Gasteiger charge is 2.14. The molecule has 3 rings (SSSR count). The number of hydrogen-bond donors (Lipinski definition) is 0. The molecule has 18 heavy (non-hydrogen) atoms. The first-order chi connectivity index (χ1) is 8.83.